The van der Waals surface area contributed by atoms with Gasteiger partial charge in [0.25, 0.3) is 0 Å². The van der Waals surface area contributed by atoms with Crippen molar-refractivity contribution in [1.29, 1.82) is 0 Å². The van der Waals surface area contributed by atoms with Crippen molar-refractivity contribution < 1.29 is 9.47 Å². The highest BCUT2D eigenvalue weighted by atomic mass is 16.5. The summed E-state index contributed by atoms with van der Waals surface area (Å²) >= 11 is 0. The number of methoxy groups -OCH3 is 2. The van der Waals surface area contributed by atoms with Crippen LogP contribution in [0.5, 0.6) is 11.5 Å². The van der Waals surface area contributed by atoms with E-state index in [0.717, 1.165) is 76.0 Å². The minimum Gasteiger partial charge on any atom is -0.495 e. The molecule has 0 aromatic heterocycles. The molecule has 0 unspecified atom stereocenters. The van der Waals surface area contributed by atoms with E-state index < -0.39 is 0 Å². The van der Waals surface area contributed by atoms with Gasteiger partial charge in [-0.2, -0.15) is 0 Å². The highest BCUT2D eigenvalue weighted by molar-refractivity contribution is 5.58. The highest BCUT2D eigenvalue weighted by Gasteiger charge is 2.18. The third kappa shape index (κ3) is 6.27. The SMILES string of the molecule is COc1ccccc1NCCCNCCN1CCN(c2ccccc2OC)CC1. The average molecular weight is 399 g/mol. The molecule has 29 heavy (non-hydrogen) atoms. The number of piperazine rings is 1. The number of nitrogens with zero attached hydrogens (tertiary/aromatic N) is 2. The number of benzene rings is 2. The molecule has 0 amide bonds. The molecule has 0 atom stereocenters. The van der Waals surface area contributed by atoms with Crippen LogP contribution >= 0.6 is 0 Å². The molecule has 0 saturated carbocycles. The molecule has 0 aliphatic carbocycles. The second kappa shape index (κ2) is 11.5. The van der Waals surface area contributed by atoms with Gasteiger partial charge in [0.1, 0.15) is 11.5 Å². The maximum absolute atomic E-state index is 5.50. The molecule has 6 heteroatoms. The van der Waals surface area contributed by atoms with Crippen molar-refractivity contribution in [3.8, 4) is 11.5 Å². The topological polar surface area (TPSA) is 49.0 Å². The molecule has 2 N–H and O–H groups in total. The Morgan fingerprint density at radius 2 is 1.48 bits per heavy atom. The Kier molecular flexibility index (Phi) is 8.46. The summed E-state index contributed by atoms with van der Waals surface area (Å²) in [5.74, 6) is 1.86. The van der Waals surface area contributed by atoms with Crippen LogP contribution in [-0.4, -0.2) is 71.5 Å². The Labute approximate surface area is 174 Å². The standard InChI is InChI=1S/C23H34N4O2/c1-28-22-10-5-3-8-20(22)25-13-7-12-24-14-15-26-16-18-27(19-17-26)21-9-4-6-11-23(21)29-2/h3-6,8-11,24-25H,7,12-19H2,1-2H3. The minimum atomic E-state index is 0.896. The fourth-order valence-corrected chi connectivity index (χ4v) is 3.69. The van der Waals surface area contributed by atoms with Crippen LogP contribution in [0.15, 0.2) is 48.5 Å². The minimum absolute atomic E-state index is 0.896. The maximum atomic E-state index is 5.50. The van der Waals surface area contributed by atoms with Crippen LogP contribution in [0.1, 0.15) is 6.42 Å². The molecular formula is C23H34N4O2. The third-order valence-electron chi connectivity index (χ3n) is 5.36. The molecule has 1 aliphatic rings. The van der Waals surface area contributed by atoms with Crippen LogP contribution in [0.25, 0.3) is 0 Å². The summed E-state index contributed by atoms with van der Waals surface area (Å²) in [7, 11) is 3.45. The summed E-state index contributed by atoms with van der Waals surface area (Å²) in [4.78, 5) is 4.96. The number of hydrogen-bond acceptors (Lipinski definition) is 6. The zero-order valence-corrected chi connectivity index (χ0v) is 17.7. The summed E-state index contributed by atoms with van der Waals surface area (Å²) in [5.41, 5.74) is 2.26. The molecule has 0 spiro atoms. The molecule has 6 nitrogen and oxygen atoms in total. The van der Waals surface area contributed by atoms with Crippen molar-refractivity contribution in [3.63, 3.8) is 0 Å². The second-order valence-corrected chi connectivity index (χ2v) is 7.23. The number of para-hydroxylation sites is 4. The van der Waals surface area contributed by atoms with Crippen LogP contribution in [0.4, 0.5) is 11.4 Å². The van der Waals surface area contributed by atoms with Crippen molar-refractivity contribution in [1.82, 2.24) is 10.2 Å². The first kappa shape index (κ1) is 21.3. The van der Waals surface area contributed by atoms with Gasteiger partial charge in [-0.15, -0.1) is 0 Å². The van der Waals surface area contributed by atoms with E-state index in [4.69, 9.17) is 9.47 Å². The molecule has 1 aliphatic heterocycles. The van der Waals surface area contributed by atoms with Gasteiger partial charge in [-0.3, -0.25) is 4.90 Å². The zero-order chi connectivity index (χ0) is 20.3. The lowest BCUT2D eigenvalue weighted by atomic mass is 10.2. The normalized spacial score (nSPS) is 14.6. The van der Waals surface area contributed by atoms with Crippen LogP contribution in [0.2, 0.25) is 0 Å². The monoisotopic (exact) mass is 398 g/mol. The first-order valence-corrected chi connectivity index (χ1v) is 10.5. The van der Waals surface area contributed by atoms with Crippen molar-refractivity contribution in [2.45, 2.75) is 6.42 Å². The average Bonchev–Trinajstić information content (AvgIpc) is 2.79. The highest BCUT2D eigenvalue weighted by Crippen LogP contribution is 2.28. The third-order valence-corrected chi connectivity index (χ3v) is 5.36. The van der Waals surface area contributed by atoms with Crippen LogP contribution < -0.4 is 25.0 Å². The van der Waals surface area contributed by atoms with Crippen LogP contribution in [0.3, 0.4) is 0 Å². The van der Waals surface area contributed by atoms with E-state index in [0.29, 0.717) is 0 Å². The summed E-state index contributed by atoms with van der Waals surface area (Å²) < 4.78 is 10.9. The molecule has 0 bridgehead atoms. The Morgan fingerprint density at radius 1 is 0.793 bits per heavy atom. The molecule has 2 aromatic rings. The maximum Gasteiger partial charge on any atom is 0.142 e. The van der Waals surface area contributed by atoms with Gasteiger partial charge in [-0.05, 0) is 37.2 Å². The van der Waals surface area contributed by atoms with E-state index in [1.165, 1.54) is 5.69 Å². The van der Waals surface area contributed by atoms with Crippen molar-refractivity contribution in [2.24, 2.45) is 0 Å². The molecule has 158 valence electrons. The fourth-order valence-electron chi connectivity index (χ4n) is 3.69. The van der Waals surface area contributed by atoms with Gasteiger partial charge >= 0.3 is 0 Å². The van der Waals surface area contributed by atoms with E-state index in [2.05, 4.69) is 38.6 Å². The Morgan fingerprint density at radius 3 is 2.24 bits per heavy atom. The van der Waals surface area contributed by atoms with Crippen molar-refractivity contribution >= 4 is 11.4 Å². The van der Waals surface area contributed by atoms with Gasteiger partial charge in [0.05, 0.1) is 25.6 Å². The lowest BCUT2D eigenvalue weighted by Crippen LogP contribution is -2.48. The smallest absolute Gasteiger partial charge is 0.142 e. The molecule has 3 rings (SSSR count). The number of rotatable bonds is 11. The first-order valence-electron chi connectivity index (χ1n) is 10.5. The number of nitrogens with one attached hydrogen (secondary N) is 2. The lowest BCUT2D eigenvalue weighted by molar-refractivity contribution is 0.257. The van der Waals surface area contributed by atoms with Crippen LogP contribution in [0, 0.1) is 0 Å². The Balaban J connectivity index is 1.27. The predicted octanol–water partition coefficient (Wildman–Crippen LogP) is 2.92. The molecule has 2 aromatic carbocycles. The predicted molar refractivity (Wildman–Crippen MR) is 121 cm³/mol. The Bertz CT molecular complexity index is 732. The number of ether oxygens (including phenoxy) is 2. The van der Waals surface area contributed by atoms with Crippen LogP contribution in [-0.2, 0) is 0 Å². The zero-order valence-electron chi connectivity index (χ0n) is 17.7. The van der Waals surface area contributed by atoms with Crippen molar-refractivity contribution in [3.05, 3.63) is 48.5 Å². The molecule has 0 radical (unpaired) electrons. The van der Waals surface area contributed by atoms with E-state index >= 15 is 0 Å². The largest absolute Gasteiger partial charge is 0.495 e. The van der Waals surface area contributed by atoms with Gasteiger partial charge in [0.2, 0.25) is 0 Å². The fraction of sp³-hybridized carbons (Fsp3) is 0.478. The summed E-state index contributed by atoms with van der Waals surface area (Å²) in [5, 5.41) is 7.01. The van der Waals surface area contributed by atoms with Gasteiger partial charge in [0.15, 0.2) is 0 Å². The summed E-state index contributed by atoms with van der Waals surface area (Å²) in [6.07, 6.45) is 1.08. The summed E-state index contributed by atoms with van der Waals surface area (Å²) in [6, 6.07) is 16.3. The van der Waals surface area contributed by atoms with E-state index in [-0.39, 0.29) is 0 Å². The molecule has 1 fully saturated rings. The van der Waals surface area contributed by atoms with Gasteiger partial charge in [0, 0.05) is 45.8 Å². The quantitative estimate of drug-likeness (QED) is 0.568. The first-order chi connectivity index (χ1) is 14.3. The number of hydrogen-bond donors (Lipinski definition) is 2. The van der Waals surface area contributed by atoms with Gasteiger partial charge in [-0.25, -0.2) is 0 Å². The molecule has 1 heterocycles. The molecule has 1 saturated heterocycles. The summed E-state index contributed by atoms with van der Waals surface area (Å²) in [6.45, 7) is 8.36. The van der Waals surface area contributed by atoms with Crippen molar-refractivity contribution in [2.75, 3.05) is 76.8 Å². The van der Waals surface area contributed by atoms with E-state index in [1.54, 1.807) is 14.2 Å². The Hall–Kier alpha value is -2.44. The van der Waals surface area contributed by atoms with E-state index in [1.807, 2.05) is 30.3 Å². The molecular weight excluding hydrogens is 364 g/mol. The number of anilines is 2. The van der Waals surface area contributed by atoms with E-state index in [9.17, 15) is 0 Å². The second-order valence-electron chi connectivity index (χ2n) is 7.23. The lowest BCUT2D eigenvalue weighted by Gasteiger charge is -2.36. The van der Waals surface area contributed by atoms with Gasteiger partial charge in [-0.1, -0.05) is 24.3 Å². The van der Waals surface area contributed by atoms with Gasteiger partial charge < -0.3 is 25.0 Å².